The summed E-state index contributed by atoms with van der Waals surface area (Å²) < 4.78 is 5.08. The largest absolute Gasteiger partial charge is 0.383 e. The molecule has 0 saturated heterocycles. The topological polar surface area (TPSA) is 24.5 Å². The van der Waals surface area contributed by atoms with Gasteiger partial charge < -0.3 is 15.0 Å². The fourth-order valence-electron chi connectivity index (χ4n) is 2.48. The Balaban J connectivity index is 2.03. The van der Waals surface area contributed by atoms with E-state index in [2.05, 4.69) is 17.3 Å². The first-order valence-corrected chi connectivity index (χ1v) is 7.24. The molecule has 0 atom stereocenters. The lowest BCUT2D eigenvalue weighted by molar-refractivity contribution is 0.160. The van der Waals surface area contributed by atoms with Crippen molar-refractivity contribution >= 4 is 0 Å². The molecular formula is C14H30N2O. The van der Waals surface area contributed by atoms with Crippen molar-refractivity contribution in [2.75, 3.05) is 40.4 Å². The summed E-state index contributed by atoms with van der Waals surface area (Å²) in [6.45, 7) is 4.10. The van der Waals surface area contributed by atoms with E-state index in [0.29, 0.717) is 0 Å². The molecular weight excluding hydrogens is 212 g/mol. The normalized spacial score (nSPS) is 19.2. The van der Waals surface area contributed by atoms with Crippen LogP contribution < -0.4 is 5.32 Å². The van der Waals surface area contributed by atoms with Gasteiger partial charge in [0.05, 0.1) is 6.61 Å². The smallest absolute Gasteiger partial charge is 0.0589 e. The average molecular weight is 242 g/mol. The minimum Gasteiger partial charge on any atom is -0.383 e. The summed E-state index contributed by atoms with van der Waals surface area (Å²) in [6, 6.07) is 0.770. The van der Waals surface area contributed by atoms with Crippen LogP contribution in [-0.4, -0.2) is 51.3 Å². The van der Waals surface area contributed by atoms with E-state index in [9.17, 15) is 0 Å². The van der Waals surface area contributed by atoms with Gasteiger partial charge in [-0.25, -0.2) is 0 Å². The number of hydrogen-bond acceptors (Lipinski definition) is 3. The van der Waals surface area contributed by atoms with Crippen LogP contribution in [0.3, 0.4) is 0 Å². The Labute approximate surface area is 107 Å². The van der Waals surface area contributed by atoms with Gasteiger partial charge in [0.25, 0.3) is 0 Å². The average Bonchev–Trinajstić information content (AvgIpc) is 2.29. The van der Waals surface area contributed by atoms with Crippen LogP contribution in [0.4, 0.5) is 0 Å². The number of rotatable bonds is 7. The maximum absolute atomic E-state index is 5.08. The lowest BCUT2D eigenvalue weighted by Crippen LogP contribution is -2.37. The maximum atomic E-state index is 5.08. The number of ether oxygens (including phenoxy) is 1. The Morgan fingerprint density at radius 2 is 1.71 bits per heavy atom. The van der Waals surface area contributed by atoms with Crippen LogP contribution in [-0.2, 0) is 4.74 Å². The van der Waals surface area contributed by atoms with E-state index in [1.54, 1.807) is 7.11 Å². The zero-order valence-electron chi connectivity index (χ0n) is 11.7. The molecule has 0 aromatic rings. The molecule has 1 aliphatic rings. The summed E-state index contributed by atoms with van der Waals surface area (Å²) in [6.07, 6.45) is 9.91. The molecule has 1 N–H and O–H groups in total. The van der Waals surface area contributed by atoms with Crippen LogP contribution in [0.25, 0.3) is 0 Å². The van der Waals surface area contributed by atoms with E-state index in [4.69, 9.17) is 4.74 Å². The molecule has 1 aliphatic carbocycles. The predicted octanol–water partition coefficient (Wildman–Crippen LogP) is 2.27. The maximum Gasteiger partial charge on any atom is 0.0589 e. The first kappa shape index (κ1) is 14.9. The summed E-state index contributed by atoms with van der Waals surface area (Å²) >= 11 is 0. The minimum absolute atomic E-state index is 0.770. The first-order chi connectivity index (χ1) is 8.33. The third-order valence-corrected chi connectivity index (χ3v) is 3.71. The second kappa shape index (κ2) is 9.86. The van der Waals surface area contributed by atoms with Crippen molar-refractivity contribution in [1.29, 1.82) is 0 Å². The highest BCUT2D eigenvalue weighted by atomic mass is 16.5. The third-order valence-electron chi connectivity index (χ3n) is 3.71. The summed E-state index contributed by atoms with van der Waals surface area (Å²) in [5.41, 5.74) is 0. The number of nitrogens with one attached hydrogen (secondary N) is 1. The van der Waals surface area contributed by atoms with E-state index in [0.717, 1.165) is 32.3 Å². The molecule has 102 valence electrons. The highest BCUT2D eigenvalue weighted by molar-refractivity contribution is 4.70. The Kier molecular flexibility index (Phi) is 8.67. The van der Waals surface area contributed by atoms with Gasteiger partial charge in [-0.1, -0.05) is 32.1 Å². The fourth-order valence-corrected chi connectivity index (χ4v) is 2.48. The monoisotopic (exact) mass is 242 g/mol. The molecule has 1 saturated carbocycles. The van der Waals surface area contributed by atoms with Crippen LogP contribution in [0.5, 0.6) is 0 Å². The molecule has 0 aromatic heterocycles. The van der Waals surface area contributed by atoms with Crippen molar-refractivity contribution in [3.8, 4) is 0 Å². The Bertz CT molecular complexity index is 168. The molecule has 0 aliphatic heterocycles. The molecule has 0 bridgehead atoms. The minimum atomic E-state index is 0.770. The lowest BCUT2D eigenvalue weighted by atomic mass is 9.97. The van der Waals surface area contributed by atoms with Gasteiger partial charge in [0.1, 0.15) is 0 Å². The molecule has 0 radical (unpaired) electrons. The molecule has 0 spiro atoms. The number of hydrogen-bond donors (Lipinski definition) is 1. The third kappa shape index (κ3) is 7.74. The summed E-state index contributed by atoms with van der Waals surface area (Å²) in [5, 5.41) is 3.71. The van der Waals surface area contributed by atoms with Gasteiger partial charge in [0, 0.05) is 32.8 Å². The predicted molar refractivity (Wildman–Crippen MR) is 73.5 cm³/mol. The molecule has 0 aromatic carbocycles. The van der Waals surface area contributed by atoms with Crippen molar-refractivity contribution < 1.29 is 4.74 Å². The highest BCUT2D eigenvalue weighted by Gasteiger charge is 2.10. The molecule has 0 unspecified atom stereocenters. The Morgan fingerprint density at radius 3 is 2.35 bits per heavy atom. The summed E-state index contributed by atoms with van der Waals surface area (Å²) in [7, 11) is 3.93. The molecule has 17 heavy (non-hydrogen) atoms. The summed E-state index contributed by atoms with van der Waals surface area (Å²) in [5.74, 6) is 0. The zero-order valence-corrected chi connectivity index (χ0v) is 11.7. The van der Waals surface area contributed by atoms with Crippen LogP contribution in [0.2, 0.25) is 0 Å². The van der Waals surface area contributed by atoms with E-state index in [1.165, 1.54) is 44.9 Å². The molecule has 0 amide bonds. The van der Waals surface area contributed by atoms with Gasteiger partial charge in [-0.3, -0.25) is 0 Å². The summed E-state index contributed by atoms with van der Waals surface area (Å²) in [4.78, 5) is 2.33. The number of nitrogens with zero attached hydrogens (tertiary/aromatic N) is 1. The molecule has 1 fully saturated rings. The fraction of sp³-hybridized carbons (Fsp3) is 1.00. The second-order valence-electron chi connectivity index (χ2n) is 5.29. The van der Waals surface area contributed by atoms with E-state index in [1.807, 2.05) is 0 Å². The second-order valence-corrected chi connectivity index (χ2v) is 5.29. The van der Waals surface area contributed by atoms with E-state index >= 15 is 0 Å². The zero-order chi connectivity index (χ0) is 12.3. The quantitative estimate of drug-likeness (QED) is 0.741. The standard InChI is InChI=1S/C14H30N2O/c1-16(12-13-17-2)11-10-15-14-8-6-4-3-5-7-9-14/h14-15H,3-13H2,1-2H3. The first-order valence-electron chi connectivity index (χ1n) is 7.24. The van der Waals surface area contributed by atoms with Crippen molar-refractivity contribution in [2.45, 2.75) is 51.0 Å². The van der Waals surface area contributed by atoms with Crippen LogP contribution in [0.1, 0.15) is 44.9 Å². The molecule has 1 rings (SSSR count). The highest BCUT2D eigenvalue weighted by Crippen LogP contribution is 2.16. The van der Waals surface area contributed by atoms with Crippen LogP contribution >= 0.6 is 0 Å². The van der Waals surface area contributed by atoms with Crippen molar-refractivity contribution in [1.82, 2.24) is 10.2 Å². The van der Waals surface area contributed by atoms with Crippen molar-refractivity contribution in [3.63, 3.8) is 0 Å². The van der Waals surface area contributed by atoms with Crippen molar-refractivity contribution in [3.05, 3.63) is 0 Å². The Hall–Kier alpha value is -0.120. The van der Waals surface area contributed by atoms with E-state index in [-0.39, 0.29) is 0 Å². The molecule has 0 heterocycles. The van der Waals surface area contributed by atoms with Crippen molar-refractivity contribution in [2.24, 2.45) is 0 Å². The van der Waals surface area contributed by atoms with Crippen LogP contribution in [0.15, 0.2) is 0 Å². The number of likely N-dealkylation sites (N-methyl/N-ethyl adjacent to an activating group) is 1. The van der Waals surface area contributed by atoms with Gasteiger partial charge in [-0.15, -0.1) is 0 Å². The van der Waals surface area contributed by atoms with Gasteiger partial charge in [0.2, 0.25) is 0 Å². The van der Waals surface area contributed by atoms with Gasteiger partial charge in [-0.05, 0) is 19.9 Å². The van der Waals surface area contributed by atoms with Gasteiger partial charge in [-0.2, -0.15) is 0 Å². The van der Waals surface area contributed by atoms with Gasteiger partial charge >= 0.3 is 0 Å². The lowest BCUT2D eigenvalue weighted by Gasteiger charge is -2.23. The molecule has 3 heteroatoms. The number of methoxy groups -OCH3 is 1. The van der Waals surface area contributed by atoms with Crippen LogP contribution in [0, 0.1) is 0 Å². The van der Waals surface area contributed by atoms with Gasteiger partial charge in [0.15, 0.2) is 0 Å². The SMILES string of the molecule is COCCN(C)CCNC1CCCCCCC1. The molecule has 3 nitrogen and oxygen atoms in total. The Morgan fingerprint density at radius 1 is 1.06 bits per heavy atom. The van der Waals surface area contributed by atoms with E-state index < -0.39 is 0 Å².